The van der Waals surface area contributed by atoms with Crippen LogP contribution in [0.3, 0.4) is 0 Å². The topological polar surface area (TPSA) is 127 Å². The number of carboxylic acids is 2. The van der Waals surface area contributed by atoms with Crippen LogP contribution >= 0.6 is 11.8 Å². The Labute approximate surface area is 235 Å². The van der Waals surface area contributed by atoms with Gasteiger partial charge in [0.05, 0.1) is 5.97 Å². The molecule has 5 rings (SSSR count). The minimum atomic E-state index is -2.18. The third-order valence-corrected chi connectivity index (χ3v) is 8.92. The van der Waals surface area contributed by atoms with Crippen LogP contribution in [0.1, 0.15) is 42.5 Å². The summed E-state index contributed by atoms with van der Waals surface area (Å²) < 4.78 is -0.767. The second-order valence-corrected chi connectivity index (χ2v) is 11.6. The average molecular weight is 517 g/mol. The molecular formula is C26H25N2NaO6S. The molecule has 2 fully saturated rings. The van der Waals surface area contributed by atoms with Crippen LogP contribution in [-0.2, 0) is 37.4 Å². The van der Waals surface area contributed by atoms with Gasteiger partial charge in [-0.3, -0.25) is 9.59 Å². The average Bonchev–Trinajstić information content (AvgIpc) is 3.38. The summed E-state index contributed by atoms with van der Waals surface area (Å²) in [5.41, 5.74) is 0.448. The Morgan fingerprint density at radius 1 is 1.08 bits per heavy atom. The number of aryl methyl sites for hydroxylation is 2. The number of nitrogens with one attached hydrogen (secondary N) is 1. The van der Waals surface area contributed by atoms with Crippen molar-refractivity contribution < 1.29 is 58.9 Å². The Bertz CT molecular complexity index is 1250. The molecule has 2 aliphatic heterocycles. The number of hydrogen-bond acceptors (Lipinski definition) is 6. The smallest absolute Gasteiger partial charge is 0.548 e. The molecule has 8 nitrogen and oxygen atoms in total. The summed E-state index contributed by atoms with van der Waals surface area (Å²) in [6.45, 7) is 3.47. The van der Waals surface area contributed by atoms with Crippen molar-refractivity contribution in [2.45, 2.75) is 60.7 Å². The second kappa shape index (κ2) is 9.52. The summed E-state index contributed by atoms with van der Waals surface area (Å²) in [5.74, 6) is -4.12. The molecule has 1 aliphatic carbocycles. The molecule has 2 saturated heterocycles. The summed E-state index contributed by atoms with van der Waals surface area (Å²) in [7, 11) is 0. The van der Waals surface area contributed by atoms with Gasteiger partial charge in [0.15, 0.2) is 0 Å². The van der Waals surface area contributed by atoms with E-state index in [-0.39, 0.29) is 40.7 Å². The number of nitrogens with zero attached hydrogens (tertiary/aromatic N) is 1. The molecule has 2 aromatic carbocycles. The molecule has 10 heteroatoms. The minimum Gasteiger partial charge on any atom is -0.548 e. The van der Waals surface area contributed by atoms with E-state index in [0.29, 0.717) is 0 Å². The Morgan fingerprint density at radius 3 is 2.39 bits per heavy atom. The Morgan fingerprint density at radius 2 is 1.75 bits per heavy atom. The molecule has 4 unspecified atom stereocenters. The number of aliphatic carboxylic acids is 2. The summed E-state index contributed by atoms with van der Waals surface area (Å²) in [5, 5.41) is 24.6. The van der Waals surface area contributed by atoms with Gasteiger partial charge >= 0.3 is 35.5 Å². The Balaban J connectivity index is 0.00000304. The molecule has 0 spiro atoms. The number of β-lactam (4-membered cyclic amide) rings is 1. The monoisotopic (exact) mass is 516 g/mol. The first kappa shape index (κ1) is 26.7. The van der Waals surface area contributed by atoms with Gasteiger partial charge in [0.25, 0.3) is 0 Å². The molecule has 2 aromatic rings. The maximum Gasteiger partial charge on any atom is 1.00 e. The van der Waals surface area contributed by atoms with Gasteiger partial charge in [-0.05, 0) is 55.4 Å². The summed E-state index contributed by atoms with van der Waals surface area (Å²) >= 11 is 1.28. The summed E-state index contributed by atoms with van der Waals surface area (Å²) in [6.07, 6.45) is 2.65. The van der Waals surface area contributed by atoms with Crippen LogP contribution in [0.25, 0.3) is 0 Å². The third kappa shape index (κ3) is 3.88. The molecule has 4 atom stereocenters. The van der Waals surface area contributed by atoms with Crippen molar-refractivity contribution in [2.75, 3.05) is 0 Å². The number of amides is 2. The van der Waals surface area contributed by atoms with E-state index in [0.717, 1.165) is 30.4 Å². The Kier molecular flexibility index (Phi) is 7.07. The fraction of sp³-hybridized carbons (Fsp3) is 0.385. The fourth-order valence-corrected chi connectivity index (χ4v) is 7.27. The van der Waals surface area contributed by atoms with Crippen molar-refractivity contribution >= 4 is 35.5 Å². The number of thioether (sulfide) groups is 1. The largest absolute Gasteiger partial charge is 1.00 e. The van der Waals surface area contributed by atoms with Crippen molar-refractivity contribution in [3.8, 4) is 0 Å². The number of benzene rings is 2. The van der Waals surface area contributed by atoms with Crippen LogP contribution in [0, 0.1) is 0 Å². The van der Waals surface area contributed by atoms with Crippen LogP contribution in [0.15, 0.2) is 48.5 Å². The van der Waals surface area contributed by atoms with Gasteiger partial charge in [0, 0.05) is 4.75 Å². The summed E-state index contributed by atoms with van der Waals surface area (Å²) in [4.78, 5) is 52.8. The maximum atomic E-state index is 13.9. The van der Waals surface area contributed by atoms with E-state index in [1.165, 1.54) is 16.7 Å². The molecule has 2 N–H and O–H groups in total. The standard InChI is InChI=1S/C26H26N2O6S.Na/c1-25(2)19(22(30)31)28-20(29)18(21(28)35-25)27-23(32)26(24(33)34,16-9-4-3-5-10-16)17-12-11-14-7-6-8-15(14)13-17;/h3-5,9-13,18-19,21H,6-8H2,1-2H3,(H,27,32)(H,30,31)(H,33,34);/q;+1/p-1. The number of carbonyl (C=O) groups excluding carboxylic acids is 3. The molecule has 0 radical (unpaired) electrons. The number of hydrogen-bond donors (Lipinski definition) is 2. The minimum absolute atomic E-state index is 0. The first-order valence-corrected chi connectivity index (χ1v) is 12.4. The van der Waals surface area contributed by atoms with E-state index in [9.17, 15) is 29.4 Å². The number of rotatable bonds is 6. The van der Waals surface area contributed by atoms with E-state index < -0.39 is 51.4 Å². The van der Waals surface area contributed by atoms with E-state index in [1.807, 2.05) is 6.07 Å². The molecule has 2 amide bonds. The molecular weight excluding hydrogens is 491 g/mol. The first-order valence-electron chi connectivity index (χ1n) is 11.5. The molecule has 36 heavy (non-hydrogen) atoms. The number of carbonyl (C=O) groups is 4. The predicted molar refractivity (Wildman–Crippen MR) is 126 cm³/mol. The predicted octanol–water partition coefficient (Wildman–Crippen LogP) is -2.15. The molecule has 2 heterocycles. The van der Waals surface area contributed by atoms with Crippen molar-refractivity contribution in [3.63, 3.8) is 0 Å². The molecule has 0 aromatic heterocycles. The zero-order valence-electron chi connectivity index (χ0n) is 20.3. The first-order chi connectivity index (χ1) is 16.6. The zero-order valence-corrected chi connectivity index (χ0v) is 23.1. The van der Waals surface area contributed by atoms with E-state index in [1.54, 1.807) is 56.3 Å². The second-order valence-electron chi connectivity index (χ2n) is 9.79. The van der Waals surface area contributed by atoms with Crippen LogP contribution in [0.4, 0.5) is 0 Å². The summed E-state index contributed by atoms with van der Waals surface area (Å²) in [6, 6.07) is 11.3. The molecule has 3 aliphatic rings. The van der Waals surface area contributed by atoms with E-state index in [4.69, 9.17) is 0 Å². The van der Waals surface area contributed by atoms with Gasteiger partial charge in [0.1, 0.15) is 22.9 Å². The van der Waals surface area contributed by atoms with Crippen LogP contribution in [0.5, 0.6) is 0 Å². The Hall–Kier alpha value is -2.33. The van der Waals surface area contributed by atoms with Gasteiger partial charge in [0.2, 0.25) is 11.8 Å². The maximum absolute atomic E-state index is 13.9. The van der Waals surface area contributed by atoms with Gasteiger partial charge < -0.3 is 25.2 Å². The van der Waals surface area contributed by atoms with Crippen LogP contribution < -0.4 is 40.0 Å². The van der Waals surface area contributed by atoms with Crippen LogP contribution in [-0.4, -0.2) is 56.0 Å². The molecule has 0 saturated carbocycles. The SMILES string of the molecule is CC1(C)SC2C(NC(=O)C(C(=O)[O-])(c3ccccc3)c3ccc4c(c3)CCC4)C(=O)N2C1C(=O)O.[Na+]. The van der Waals surface area contributed by atoms with E-state index in [2.05, 4.69) is 5.32 Å². The zero-order chi connectivity index (χ0) is 25.1. The number of carboxylic acid groups (broad SMARTS) is 2. The van der Waals surface area contributed by atoms with Crippen molar-refractivity contribution in [1.82, 2.24) is 10.2 Å². The van der Waals surface area contributed by atoms with Crippen molar-refractivity contribution in [2.24, 2.45) is 0 Å². The van der Waals surface area contributed by atoms with Gasteiger partial charge in [-0.1, -0.05) is 48.5 Å². The van der Waals surface area contributed by atoms with Gasteiger partial charge in [-0.25, -0.2) is 4.79 Å². The van der Waals surface area contributed by atoms with Crippen LogP contribution in [0.2, 0.25) is 0 Å². The molecule has 0 bridgehead atoms. The van der Waals surface area contributed by atoms with E-state index >= 15 is 0 Å². The van der Waals surface area contributed by atoms with Crippen molar-refractivity contribution in [3.05, 3.63) is 70.8 Å². The third-order valence-electron chi connectivity index (χ3n) is 7.35. The van der Waals surface area contributed by atoms with Gasteiger partial charge in [-0.2, -0.15) is 0 Å². The van der Waals surface area contributed by atoms with Crippen molar-refractivity contribution in [1.29, 1.82) is 0 Å². The molecule has 182 valence electrons. The number of fused-ring (bicyclic) bond motifs is 2. The quantitative estimate of drug-likeness (QED) is 0.255. The normalized spacial score (nSPS) is 25.0. The van der Waals surface area contributed by atoms with Gasteiger partial charge in [-0.15, -0.1) is 11.8 Å². The fourth-order valence-electron chi connectivity index (χ4n) is 5.65.